The van der Waals surface area contributed by atoms with E-state index >= 15 is 0 Å². The van der Waals surface area contributed by atoms with Gasteiger partial charge in [0.05, 0.1) is 4.90 Å². The Kier molecular flexibility index (Phi) is 5.54. The number of hydrogen-bond acceptors (Lipinski definition) is 4. The minimum Gasteiger partial charge on any atom is -0.281 e. The molecule has 1 saturated carbocycles. The Labute approximate surface area is 148 Å². The number of imide groups is 1. The van der Waals surface area contributed by atoms with Gasteiger partial charge in [0, 0.05) is 25.9 Å². The molecule has 1 aliphatic heterocycles. The van der Waals surface area contributed by atoms with Crippen molar-refractivity contribution in [1.82, 2.24) is 9.62 Å². The molecule has 3 rings (SSSR count). The highest BCUT2D eigenvalue weighted by Gasteiger charge is 2.28. The first-order valence-electron chi connectivity index (χ1n) is 8.90. The van der Waals surface area contributed by atoms with Crippen molar-refractivity contribution in [3.8, 4) is 0 Å². The Morgan fingerprint density at radius 1 is 0.960 bits per heavy atom. The molecule has 2 aliphatic rings. The monoisotopic (exact) mass is 364 g/mol. The highest BCUT2D eigenvalue weighted by molar-refractivity contribution is 7.89. The lowest BCUT2D eigenvalue weighted by atomic mass is 9.84. The zero-order chi connectivity index (χ0) is 17.9. The van der Waals surface area contributed by atoms with Crippen LogP contribution in [0.2, 0.25) is 0 Å². The molecule has 6 nitrogen and oxygen atoms in total. The van der Waals surface area contributed by atoms with E-state index in [1.165, 1.54) is 37.7 Å². The van der Waals surface area contributed by atoms with Crippen molar-refractivity contribution >= 4 is 21.8 Å². The second-order valence-electron chi connectivity index (χ2n) is 6.74. The van der Waals surface area contributed by atoms with Crippen molar-refractivity contribution in [1.29, 1.82) is 0 Å². The number of sulfonamides is 1. The van der Waals surface area contributed by atoms with Gasteiger partial charge in [0.15, 0.2) is 0 Å². The van der Waals surface area contributed by atoms with Gasteiger partial charge in [-0.15, -0.1) is 0 Å². The average molecular weight is 364 g/mol. The Balaban J connectivity index is 1.58. The maximum atomic E-state index is 12.4. The maximum absolute atomic E-state index is 12.4. The summed E-state index contributed by atoms with van der Waals surface area (Å²) in [5.41, 5.74) is 1.20. The molecule has 1 saturated heterocycles. The number of carbonyl (C=O) groups is 2. The van der Waals surface area contributed by atoms with E-state index < -0.39 is 10.0 Å². The Bertz CT molecular complexity index is 721. The SMILES string of the molecule is O=C1CCC(=O)N1CCNS(=O)(=O)c1ccc(C2CCCCC2)cc1. The van der Waals surface area contributed by atoms with Crippen molar-refractivity contribution in [2.45, 2.75) is 55.8 Å². The molecule has 1 aliphatic carbocycles. The molecule has 25 heavy (non-hydrogen) atoms. The number of amides is 2. The van der Waals surface area contributed by atoms with E-state index in [0.29, 0.717) is 5.92 Å². The van der Waals surface area contributed by atoms with Crippen LogP contribution >= 0.6 is 0 Å². The molecule has 0 radical (unpaired) electrons. The molecule has 0 bridgehead atoms. The van der Waals surface area contributed by atoms with Crippen LogP contribution < -0.4 is 4.72 Å². The number of nitrogens with zero attached hydrogens (tertiary/aromatic N) is 1. The predicted molar refractivity (Wildman–Crippen MR) is 93.4 cm³/mol. The molecule has 0 unspecified atom stereocenters. The third kappa shape index (κ3) is 4.27. The summed E-state index contributed by atoms with van der Waals surface area (Å²) in [5, 5.41) is 0. The van der Waals surface area contributed by atoms with E-state index in [1.54, 1.807) is 12.1 Å². The lowest BCUT2D eigenvalue weighted by Crippen LogP contribution is -2.37. The van der Waals surface area contributed by atoms with Crippen molar-refractivity contribution < 1.29 is 18.0 Å². The zero-order valence-electron chi connectivity index (χ0n) is 14.2. The molecule has 1 N–H and O–H groups in total. The summed E-state index contributed by atoms with van der Waals surface area (Å²) in [6, 6.07) is 7.08. The Hall–Kier alpha value is -1.73. The molecular formula is C18H24N2O4S. The second kappa shape index (κ2) is 7.66. The molecule has 1 aromatic rings. The Morgan fingerprint density at radius 3 is 2.16 bits per heavy atom. The van der Waals surface area contributed by atoms with Gasteiger partial charge in [-0.25, -0.2) is 13.1 Å². The fourth-order valence-corrected chi connectivity index (χ4v) is 4.62. The number of nitrogens with one attached hydrogen (secondary N) is 1. The number of likely N-dealkylation sites (tertiary alicyclic amines) is 1. The summed E-state index contributed by atoms with van der Waals surface area (Å²) in [6.45, 7) is 0.112. The smallest absolute Gasteiger partial charge is 0.240 e. The van der Waals surface area contributed by atoms with Crippen molar-refractivity contribution in [2.75, 3.05) is 13.1 Å². The van der Waals surface area contributed by atoms with Gasteiger partial charge in [0.2, 0.25) is 21.8 Å². The van der Waals surface area contributed by atoms with Crippen LogP contribution in [-0.2, 0) is 19.6 Å². The summed E-state index contributed by atoms with van der Waals surface area (Å²) in [5.74, 6) is 0.0627. The van der Waals surface area contributed by atoms with Gasteiger partial charge in [0.1, 0.15) is 0 Å². The molecule has 1 aromatic carbocycles. The van der Waals surface area contributed by atoms with Gasteiger partial charge in [-0.1, -0.05) is 31.4 Å². The molecule has 1 heterocycles. The first kappa shape index (κ1) is 18.1. The van der Waals surface area contributed by atoms with Crippen LogP contribution in [0.3, 0.4) is 0 Å². The first-order valence-corrected chi connectivity index (χ1v) is 10.4. The van der Waals surface area contributed by atoms with Crippen LogP contribution in [0.15, 0.2) is 29.2 Å². The highest BCUT2D eigenvalue weighted by Crippen LogP contribution is 2.32. The molecule has 2 amide bonds. The van der Waals surface area contributed by atoms with E-state index in [0.717, 1.165) is 4.90 Å². The largest absolute Gasteiger partial charge is 0.281 e. The molecule has 2 fully saturated rings. The minimum absolute atomic E-state index is 0.0319. The van der Waals surface area contributed by atoms with Gasteiger partial charge in [-0.2, -0.15) is 0 Å². The molecular weight excluding hydrogens is 340 g/mol. The van der Waals surface area contributed by atoms with Gasteiger partial charge < -0.3 is 0 Å². The van der Waals surface area contributed by atoms with E-state index in [9.17, 15) is 18.0 Å². The molecule has 0 spiro atoms. The van der Waals surface area contributed by atoms with Crippen LogP contribution in [0.5, 0.6) is 0 Å². The van der Waals surface area contributed by atoms with E-state index in [1.807, 2.05) is 12.1 Å². The van der Waals surface area contributed by atoms with E-state index in [4.69, 9.17) is 0 Å². The van der Waals surface area contributed by atoms with E-state index in [2.05, 4.69) is 4.72 Å². The van der Waals surface area contributed by atoms with Gasteiger partial charge in [0.25, 0.3) is 0 Å². The lowest BCUT2D eigenvalue weighted by molar-refractivity contribution is -0.138. The quantitative estimate of drug-likeness (QED) is 0.784. The molecule has 0 atom stereocenters. The van der Waals surface area contributed by atoms with Crippen molar-refractivity contribution in [3.05, 3.63) is 29.8 Å². The average Bonchev–Trinajstić information content (AvgIpc) is 2.94. The normalized spacial score (nSPS) is 19.6. The van der Waals surface area contributed by atoms with Crippen LogP contribution in [0.1, 0.15) is 56.4 Å². The Morgan fingerprint density at radius 2 is 1.56 bits per heavy atom. The molecule has 0 aromatic heterocycles. The van der Waals surface area contributed by atoms with Crippen LogP contribution in [0.4, 0.5) is 0 Å². The summed E-state index contributed by atoms with van der Waals surface area (Å²) in [4.78, 5) is 24.4. The van der Waals surface area contributed by atoms with Crippen molar-refractivity contribution in [3.63, 3.8) is 0 Å². The predicted octanol–water partition coefficient (Wildman–Crippen LogP) is 2.16. The number of hydrogen-bond donors (Lipinski definition) is 1. The third-order valence-corrected chi connectivity index (χ3v) is 6.53. The number of benzene rings is 1. The summed E-state index contributed by atoms with van der Waals surface area (Å²) < 4.78 is 27.2. The van der Waals surface area contributed by atoms with E-state index in [-0.39, 0.29) is 42.6 Å². The van der Waals surface area contributed by atoms with Gasteiger partial charge >= 0.3 is 0 Å². The lowest BCUT2D eigenvalue weighted by Gasteiger charge is -2.22. The summed E-state index contributed by atoms with van der Waals surface area (Å²) >= 11 is 0. The van der Waals surface area contributed by atoms with Gasteiger partial charge in [-0.3, -0.25) is 14.5 Å². The first-order chi connectivity index (χ1) is 12.0. The third-order valence-electron chi connectivity index (χ3n) is 5.05. The second-order valence-corrected chi connectivity index (χ2v) is 8.51. The van der Waals surface area contributed by atoms with Crippen LogP contribution in [0.25, 0.3) is 0 Å². The van der Waals surface area contributed by atoms with Crippen LogP contribution in [-0.4, -0.2) is 38.2 Å². The fourth-order valence-electron chi connectivity index (χ4n) is 3.60. The molecule has 136 valence electrons. The maximum Gasteiger partial charge on any atom is 0.240 e. The number of rotatable bonds is 6. The minimum atomic E-state index is -3.63. The standard InChI is InChI=1S/C18H24N2O4S/c21-17-10-11-18(22)20(17)13-12-19-25(23,24)16-8-6-15(7-9-16)14-4-2-1-3-5-14/h6-9,14,19H,1-5,10-13H2. The summed E-state index contributed by atoms with van der Waals surface area (Å²) in [6.07, 6.45) is 6.53. The zero-order valence-corrected chi connectivity index (χ0v) is 15.1. The fraction of sp³-hybridized carbons (Fsp3) is 0.556. The van der Waals surface area contributed by atoms with Crippen molar-refractivity contribution in [2.24, 2.45) is 0 Å². The topological polar surface area (TPSA) is 83.6 Å². The molecule has 7 heteroatoms. The van der Waals surface area contributed by atoms with Gasteiger partial charge in [-0.05, 0) is 36.5 Å². The summed E-state index contributed by atoms with van der Waals surface area (Å²) in [7, 11) is -3.63. The van der Waals surface area contributed by atoms with Crippen LogP contribution in [0, 0.1) is 0 Å². The highest BCUT2D eigenvalue weighted by atomic mass is 32.2. The number of carbonyl (C=O) groups excluding carboxylic acids is 2.